The van der Waals surface area contributed by atoms with Gasteiger partial charge in [0.15, 0.2) is 0 Å². The van der Waals surface area contributed by atoms with E-state index >= 15 is 0 Å². The predicted octanol–water partition coefficient (Wildman–Crippen LogP) is 2.29. The Bertz CT molecular complexity index is 397. The summed E-state index contributed by atoms with van der Waals surface area (Å²) >= 11 is 0. The molecule has 0 heterocycles. The molecule has 0 unspecified atom stereocenters. The van der Waals surface area contributed by atoms with Crippen LogP contribution in [0.2, 0.25) is 0 Å². The Morgan fingerprint density at radius 3 is 2.25 bits per heavy atom. The van der Waals surface area contributed by atoms with E-state index in [9.17, 15) is 4.79 Å². The maximum absolute atomic E-state index is 12.1. The summed E-state index contributed by atoms with van der Waals surface area (Å²) in [6.07, 6.45) is -0.424. The average molecular weight is 282 g/mol. The molecule has 0 bridgehead atoms. The Hall–Kier alpha value is -1.59. The Morgan fingerprint density at radius 1 is 1.10 bits per heavy atom. The van der Waals surface area contributed by atoms with Crippen molar-refractivity contribution in [2.75, 3.05) is 33.5 Å². The van der Waals surface area contributed by atoms with E-state index in [4.69, 9.17) is 18.9 Å². The highest BCUT2D eigenvalue weighted by atomic mass is 16.6. The Kier molecular flexibility index (Phi) is 7.69. The molecule has 0 fully saturated rings. The summed E-state index contributed by atoms with van der Waals surface area (Å²) in [6.45, 7) is 5.54. The number of carbonyl (C=O) groups is 1. The van der Waals surface area contributed by atoms with E-state index in [1.165, 1.54) is 7.11 Å². The van der Waals surface area contributed by atoms with Gasteiger partial charge in [-0.3, -0.25) is 0 Å². The summed E-state index contributed by atoms with van der Waals surface area (Å²) in [6, 6.07) is 6.95. The van der Waals surface area contributed by atoms with Gasteiger partial charge in [0, 0.05) is 13.2 Å². The molecule has 112 valence electrons. The van der Waals surface area contributed by atoms with Crippen LogP contribution in [0.3, 0.4) is 0 Å². The highest BCUT2D eigenvalue weighted by molar-refractivity contribution is 5.92. The van der Waals surface area contributed by atoms with Crippen molar-refractivity contribution in [3.8, 4) is 5.75 Å². The summed E-state index contributed by atoms with van der Waals surface area (Å²) in [5.74, 6) is 0.0518. The van der Waals surface area contributed by atoms with Crippen LogP contribution in [0.5, 0.6) is 5.75 Å². The van der Waals surface area contributed by atoms with E-state index in [2.05, 4.69) is 0 Å². The van der Waals surface area contributed by atoms with Gasteiger partial charge in [-0.2, -0.15) is 0 Å². The zero-order chi connectivity index (χ0) is 14.8. The maximum atomic E-state index is 12.1. The molecule has 0 aliphatic carbocycles. The van der Waals surface area contributed by atoms with Gasteiger partial charge in [0.05, 0.1) is 20.3 Å². The minimum Gasteiger partial charge on any atom is -0.496 e. The van der Waals surface area contributed by atoms with Gasteiger partial charge in [-0.05, 0) is 26.0 Å². The van der Waals surface area contributed by atoms with Gasteiger partial charge in [0.25, 0.3) is 0 Å². The molecule has 0 aliphatic rings. The molecule has 0 aromatic heterocycles. The SMILES string of the molecule is CCOCC(COCC)OC(=O)c1ccccc1OC. The maximum Gasteiger partial charge on any atom is 0.342 e. The molecular weight excluding hydrogens is 260 g/mol. The molecule has 5 nitrogen and oxygen atoms in total. The first kappa shape index (κ1) is 16.5. The largest absolute Gasteiger partial charge is 0.496 e. The van der Waals surface area contributed by atoms with Crippen LogP contribution in [0.4, 0.5) is 0 Å². The summed E-state index contributed by atoms with van der Waals surface area (Å²) < 4.78 is 21.2. The van der Waals surface area contributed by atoms with E-state index in [-0.39, 0.29) is 0 Å². The fourth-order valence-corrected chi connectivity index (χ4v) is 1.64. The van der Waals surface area contributed by atoms with Crippen LogP contribution in [0, 0.1) is 0 Å². The molecule has 0 N–H and O–H groups in total. The third-order valence-electron chi connectivity index (χ3n) is 2.62. The molecule has 0 spiro atoms. The Morgan fingerprint density at radius 2 is 1.70 bits per heavy atom. The lowest BCUT2D eigenvalue weighted by molar-refractivity contribution is -0.0365. The van der Waals surface area contributed by atoms with Crippen LogP contribution in [-0.2, 0) is 14.2 Å². The van der Waals surface area contributed by atoms with Gasteiger partial charge in [-0.25, -0.2) is 4.79 Å². The second-order valence-electron chi connectivity index (χ2n) is 4.05. The zero-order valence-corrected chi connectivity index (χ0v) is 12.3. The number of carbonyl (C=O) groups excluding carboxylic acids is 1. The van der Waals surface area contributed by atoms with Gasteiger partial charge < -0.3 is 18.9 Å². The molecule has 1 aromatic carbocycles. The lowest BCUT2D eigenvalue weighted by Gasteiger charge is -2.18. The smallest absolute Gasteiger partial charge is 0.342 e. The number of hydrogen-bond acceptors (Lipinski definition) is 5. The number of benzene rings is 1. The number of rotatable bonds is 9. The van der Waals surface area contributed by atoms with Crippen molar-refractivity contribution < 1.29 is 23.7 Å². The zero-order valence-electron chi connectivity index (χ0n) is 12.3. The molecule has 5 heteroatoms. The van der Waals surface area contributed by atoms with Crippen molar-refractivity contribution >= 4 is 5.97 Å². The van der Waals surface area contributed by atoms with E-state index < -0.39 is 12.1 Å². The summed E-state index contributed by atoms with van der Waals surface area (Å²) in [4.78, 5) is 12.1. The molecule has 0 atom stereocenters. The van der Waals surface area contributed by atoms with Crippen molar-refractivity contribution in [1.82, 2.24) is 0 Å². The third-order valence-corrected chi connectivity index (χ3v) is 2.62. The van der Waals surface area contributed by atoms with Gasteiger partial charge in [0.2, 0.25) is 0 Å². The number of para-hydroxylation sites is 1. The first-order chi connectivity index (χ1) is 9.72. The van der Waals surface area contributed by atoms with E-state index in [1.54, 1.807) is 24.3 Å². The summed E-state index contributed by atoms with van der Waals surface area (Å²) in [5.41, 5.74) is 0.396. The first-order valence-electron chi connectivity index (χ1n) is 6.72. The topological polar surface area (TPSA) is 54.0 Å². The molecule has 0 saturated heterocycles. The van der Waals surface area contributed by atoms with Gasteiger partial charge >= 0.3 is 5.97 Å². The number of methoxy groups -OCH3 is 1. The summed E-state index contributed by atoms with van der Waals surface area (Å²) in [7, 11) is 1.52. The van der Waals surface area contributed by atoms with Crippen LogP contribution < -0.4 is 4.74 Å². The lowest BCUT2D eigenvalue weighted by Crippen LogP contribution is -2.28. The van der Waals surface area contributed by atoms with Gasteiger partial charge in [-0.15, -0.1) is 0 Å². The molecule has 0 amide bonds. The fraction of sp³-hybridized carbons (Fsp3) is 0.533. The highest BCUT2D eigenvalue weighted by Gasteiger charge is 2.19. The molecule has 0 radical (unpaired) electrons. The second-order valence-corrected chi connectivity index (χ2v) is 4.05. The predicted molar refractivity (Wildman–Crippen MR) is 75.2 cm³/mol. The Balaban J connectivity index is 2.68. The van der Waals surface area contributed by atoms with Crippen molar-refractivity contribution in [2.24, 2.45) is 0 Å². The standard InChI is InChI=1S/C15H22O5/c1-4-18-10-12(11-19-5-2)20-15(16)13-8-6-7-9-14(13)17-3/h6-9,12H,4-5,10-11H2,1-3H3. The molecular formula is C15H22O5. The molecule has 0 aliphatic heterocycles. The second kappa shape index (κ2) is 9.34. The van der Waals surface area contributed by atoms with E-state index in [1.807, 2.05) is 13.8 Å². The highest BCUT2D eigenvalue weighted by Crippen LogP contribution is 2.18. The lowest BCUT2D eigenvalue weighted by atomic mass is 10.2. The Labute approximate surface area is 119 Å². The van der Waals surface area contributed by atoms with Crippen molar-refractivity contribution in [3.63, 3.8) is 0 Å². The number of ether oxygens (including phenoxy) is 4. The molecule has 0 saturated carbocycles. The van der Waals surface area contributed by atoms with Crippen LogP contribution in [0.1, 0.15) is 24.2 Å². The van der Waals surface area contributed by atoms with Crippen LogP contribution in [-0.4, -0.2) is 45.6 Å². The normalized spacial score (nSPS) is 10.6. The quantitative estimate of drug-likeness (QED) is 0.650. The average Bonchev–Trinajstić information content (AvgIpc) is 2.49. The fourth-order valence-electron chi connectivity index (χ4n) is 1.64. The number of esters is 1. The van der Waals surface area contributed by atoms with Crippen LogP contribution >= 0.6 is 0 Å². The molecule has 1 rings (SSSR count). The van der Waals surface area contributed by atoms with Gasteiger partial charge in [-0.1, -0.05) is 12.1 Å². The summed E-state index contributed by atoms with van der Waals surface area (Å²) in [5, 5.41) is 0. The molecule has 20 heavy (non-hydrogen) atoms. The minimum atomic E-state index is -0.438. The first-order valence-corrected chi connectivity index (χ1v) is 6.72. The number of hydrogen-bond donors (Lipinski definition) is 0. The third kappa shape index (κ3) is 5.19. The van der Waals surface area contributed by atoms with Crippen LogP contribution in [0.25, 0.3) is 0 Å². The van der Waals surface area contributed by atoms with Crippen molar-refractivity contribution in [2.45, 2.75) is 20.0 Å². The molecule has 1 aromatic rings. The van der Waals surface area contributed by atoms with Crippen LogP contribution in [0.15, 0.2) is 24.3 Å². The van der Waals surface area contributed by atoms with Crippen molar-refractivity contribution in [3.05, 3.63) is 29.8 Å². The van der Waals surface area contributed by atoms with E-state index in [0.29, 0.717) is 37.7 Å². The minimum absolute atomic E-state index is 0.317. The van der Waals surface area contributed by atoms with Crippen molar-refractivity contribution in [1.29, 1.82) is 0 Å². The monoisotopic (exact) mass is 282 g/mol. The van der Waals surface area contributed by atoms with E-state index in [0.717, 1.165) is 0 Å². The van der Waals surface area contributed by atoms with Gasteiger partial charge in [0.1, 0.15) is 17.4 Å².